The molecule has 0 aliphatic carbocycles. The lowest BCUT2D eigenvalue weighted by Crippen LogP contribution is -2.55. The Kier molecular flexibility index (Phi) is 5.09. The van der Waals surface area contributed by atoms with Crippen LogP contribution in [0.1, 0.15) is 12.8 Å². The lowest BCUT2D eigenvalue weighted by molar-refractivity contribution is 0.185. The fourth-order valence-corrected chi connectivity index (χ4v) is 2.89. The summed E-state index contributed by atoms with van der Waals surface area (Å²) in [7, 11) is 1.73. The Labute approximate surface area is 84.8 Å². The lowest BCUT2D eigenvalue weighted by atomic mass is 9.95. The second-order valence-corrected chi connectivity index (χ2v) is 4.67. The maximum absolute atomic E-state index is 5.80. The van der Waals surface area contributed by atoms with Crippen molar-refractivity contribution in [2.45, 2.75) is 18.4 Å². The van der Waals surface area contributed by atoms with Gasteiger partial charge >= 0.3 is 0 Å². The summed E-state index contributed by atoms with van der Waals surface area (Å²) >= 11 is 2.00. The summed E-state index contributed by atoms with van der Waals surface area (Å²) in [5.41, 5.74) is 5.99. The van der Waals surface area contributed by atoms with Crippen molar-refractivity contribution in [2.24, 2.45) is 5.73 Å². The number of rotatable bonds is 5. The molecular weight excluding hydrogens is 184 g/mol. The van der Waals surface area contributed by atoms with E-state index in [4.69, 9.17) is 10.5 Å². The van der Waals surface area contributed by atoms with Crippen LogP contribution in [0.3, 0.4) is 0 Å². The Balaban J connectivity index is 2.29. The molecule has 0 amide bonds. The van der Waals surface area contributed by atoms with Crippen molar-refractivity contribution in [2.75, 3.05) is 38.3 Å². The largest absolute Gasteiger partial charge is 0.383 e. The lowest BCUT2D eigenvalue weighted by Gasteiger charge is -2.36. The minimum absolute atomic E-state index is 0.182. The van der Waals surface area contributed by atoms with Crippen LogP contribution in [0, 0.1) is 0 Å². The number of thioether (sulfide) groups is 1. The molecule has 3 nitrogen and oxygen atoms in total. The molecule has 1 aliphatic heterocycles. The predicted molar refractivity (Wildman–Crippen MR) is 58.2 cm³/mol. The fraction of sp³-hybridized carbons (Fsp3) is 1.00. The highest BCUT2D eigenvalue weighted by atomic mass is 32.2. The van der Waals surface area contributed by atoms with E-state index in [0.29, 0.717) is 0 Å². The van der Waals surface area contributed by atoms with Crippen molar-refractivity contribution < 1.29 is 4.74 Å². The van der Waals surface area contributed by atoms with Crippen LogP contribution in [-0.2, 0) is 4.74 Å². The molecule has 1 atom stereocenters. The summed E-state index contributed by atoms with van der Waals surface area (Å²) in [5, 5.41) is 3.51. The predicted octanol–water partition coefficient (Wildman–Crippen LogP) is 0.447. The van der Waals surface area contributed by atoms with Crippen molar-refractivity contribution in [3.63, 3.8) is 0 Å². The first-order valence-corrected chi connectivity index (χ1v) is 6.00. The van der Waals surface area contributed by atoms with E-state index in [1.165, 1.54) is 18.6 Å². The van der Waals surface area contributed by atoms with E-state index in [1.54, 1.807) is 7.11 Å². The summed E-state index contributed by atoms with van der Waals surface area (Å²) in [6.45, 7) is 2.42. The molecular formula is C9H20N2OS. The number of methoxy groups -OCH3 is 1. The van der Waals surface area contributed by atoms with Gasteiger partial charge in [-0.25, -0.2) is 0 Å². The second kappa shape index (κ2) is 5.86. The zero-order valence-corrected chi connectivity index (χ0v) is 9.16. The van der Waals surface area contributed by atoms with Crippen LogP contribution in [-0.4, -0.2) is 43.9 Å². The molecule has 0 radical (unpaired) electrons. The third-order valence-electron chi connectivity index (χ3n) is 2.52. The number of hydrogen-bond acceptors (Lipinski definition) is 4. The zero-order chi connectivity index (χ0) is 9.57. The normalized spacial score (nSPS) is 29.1. The van der Waals surface area contributed by atoms with E-state index in [1.807, 2.05) is 11.8 Å². The zero-order valence-electron chi connectivity index (χ0n) is 8.34. The number of hydrogen-bond donors (Lipinski definition) is 2. The van der Waals surface area contributed by atoms with E-state index < -0.39 is 0 Å². The summed E-state index contributed by atoms with van der Waals surface area (Å²) in [4.78, 5) is 0. The van der Waals surface area contributed by atoms with Crippen LogP contribution in [0.4, 0.5) is 0 Å². The van der Waals surface area contributed by atoms with Gasteiger partial charge in [0.05, 0.1) is 6.61 Å². The highest BCUT2D eigenvalue weighted by Crippen LogP contribution is 2.25. The van der Waals surface area contributed by atoms with Crippen LogP contribution in [0.2, 0.25) is 0 Å². The molecule has 0 aromatic carbocycles. The monoisotopic (exact) mass is 204 g/mol. The number of nitrogens with one attached hydrogen (secondary N) is 1. The molecule has 1 fully saturated rings. The maximum atomic E-state index is 5.80. The number of nitrogens with two attached hydrogens (primary N) is 1. The van der Waals surface area contributed by atoms with Gasteiger partial charge in [-0.15, -0.1) is 0 Å². The van der Waals surface area contributed by atoms with Crippen molar-refractivity contribution in [3.05, 3.63) is 0 Å². The molecule has 3 N–H and O–H groups in total. The van der Waals surface area contributed by atoms with Crippen LogP contribution >= 0.6 is 11.8 Å². The van der Waals surface area contributed by atoms with E-state index in [2.05, 4.69) is 5.32 Å². The molecule has 0 spiro atoms. The molecule has 1 saturated heterocycles. The Morgan fingerprint density at radius 2 is 2.46 bits per heavy atom. The molecule has 0 bridgehead atoms. The molecule has 0 aromatic heterocycles. The highest BCUT2D eigenvalue weighted by molar-refractivity contribution is 7.99. The van der Waals surface area contributed by atoms with E-state index in [-0.39, 0.29) is 5.54 Å². The van der Waals surface area contributed by atoms with Gasteiger partial charge in [0.2, 0.25) is 0 Å². The number of ether oxygens (including phenoxy) is 1. The first-order valence-electron chi connectivity index (χ1n) is 4.85. The first kappa shape index (κ1) is 11.3. The standard InChI is InChI=1S/C9H20N2OS/c1-12-5-4-11-9(7-10)3-2-6-13-8-9/h11H,2-8,10H2,1H3. The first-order chi connectivity index (χ1) is 6.33. The minimum Gasteiger partial charge on any atom is -0.383 e. The van der Waals surface area contributed by atoms with Crippen LogP contribution in [0.5, 0.6) is 0 Å². The Bertz CT molecular complexity index is 138. The molecule has 1 rings (SSSR count). The average Bonchev–Trinajstić information content (AvgIpc) is 2.20. The van der Waals surface area contributed by atoms with Crippen molar-refractivity contribution >= 4 is 11.8 Å². The molecule has 4 heteroatoms. The van der Waals surface area contributed by atoms with Gasteiger partial charge < -0.3 is 15.8 Å². The van der Waals surface area contributed by atoms with Gasteiger partial charge in [-0.1, -0.05) is 0 Å². The summed E-state index contributed by atoms with van der Waals surface area (Å²) in [6.07, 6.45) is 2.49. The molecule has 1 aliphatic rings. The van der Waals surface area contributed by atoms with Crippen molar-refractivity contribution in [1.82, 2.24) is 5.32 Å². The Morgan fingerprint density at radius 1 is 1.62 bits per heavy atom. The van der Waals surface area contributed by atoms with Crippen LogP contribution in [0.25, 0.3) is 0 Å². The SMILES string of the molecule is COCCNC1(CN)CCCSC1. The average molecular weight is 204 g/mol. The van der Waals surface area contributed by atoms with E-state index >= 15 is 0 Å². The van der Waals surface area contributed by atoms with Gasteiger partial charge in [0, 0.05) is 31.5 Å². The molecule has 0 saturated carbocycles. The summed E-state index contributed by atoms with van der Waals surface area (Å²) < 4.78 is 5.01. The van der Waals surface area contributed by atoms with E-state index in [9.17, 15) is 0 Å². The van der Waals surface area contributed by atoms with Crippen LogP contribution in [0.15, 0.2) is 0 Å². The van der Waals surface area contributed by atoms with E-state index in [0.717, 1.165) is 25.4 Å². The molecule has 78 valence electrons. The van der Waals surface area contributed by atoms with Crippen LogP contribution < -0.4 is 11.1 Å². The summed E-state index contributed by atoms with van der Waals surface area (Å²) in [5.74, 6) is 2.43. The van der Waals surface area contributed by atoms with Gasteiger partial charge in [0.25, 0.3) is 0 Å². The molecule has 1 heterocycles. The van der Waals surface area contributed by atoms with Gasteiger partial charge in [0.1, 0.15) is 0 Å². The van der Waals surface area contributed by atoms with Gasteiger partial charge in [-0.05, 0) is 18.6 Å². The highest BCUT2D eigenvalue weighted by Gasteiger charge is 2.29. The Morgan fingerprint density at radius 3 is 3.00 bits per heavy atom. The second-order valence-electron chi connectivity index (χ2n) is 3.56. The molecule has 13 heavy (non-hydrogen) atoms. The quantitative estimate of drug-likeness (QED) is 0.638. The minimum atomic E-state index is 0.182. The maximum Gasteiger partial charge on any atom is 0.0587 e. The van der Waals surface area contributed by atoms with Gasteiger partial charge in [0.15, 0.2) is 0 Å². The van der Waals surface area contributed by atoms with Crippen molar-refractivity contribution in [3.8, 4) is 0 Å². The van der Waals surface area contributed by atoms with Gasteiger partial charge in [-0.3, -0.25) is 0 Å². The van der Waals surface area contributed by atoms with Crippen molar-refractivity contribution in [1.29, 1.82) is 0 Å². The molecule has 0 aromatic rings. The summed E-state index contributed by atoms with van der Waals surface area (Å²) in [6, 6.07) is 0. The topological polar surface area (TPSA) is 47.3 Å². The third-order valence-corrected chi connectivity index (χ3v) is 3.85. The molecule has 1 unspecified atom stereocenters. The third kappa shape index (κ3) is 3.46. The fourth-order valence-electron chi connectivity index (χ4n) is 1.64. The Hall–Kier alpha value is 0.230. The van der Waals surface area contributed by atoms with Gasteiger partial charge in [-0.2, -0.15) is 11.8 Å². The smallest absolute Gasteiger partial charge is 0.0587 e.